The molecule has 28 heavy (non-hydrogen) atoms. The van der Waals surface area contributed by atoms with Crippen LogP contribution in [-0.2, 0) is 11.2 Å². The van der Waals surface area contributed by atoms with Crippen LogP contribution in [0.1, 0.15) is 44.6 Å². The van der Waals surface area contributed by atoms with Crippen LogP contribution >= 0.6 is 24.0 Å². The molecule has 1 aliphatic rings. The molecule has 0 spiro atoms. The summed E-state index contributed by atoms with van der Waals surface area (Å²) < 4.78 is 12.9. The Morgan fingerprint density at radius 1 is 1.11 bits per heavy atom. The Bertz CT molecular complexity index is 646. The molecule has 2 rings (SSSR count). The lowest BCUT2D eigenvalue weighted by Crippen LogP contribution is -2.41. The lowest BCUT2D eigenvalue weighted by Gasteiger charge is -2.13. The van der Waals surface area contributed by atoms with Gasteiger partial charge in [-0.15, -0.1) is 24.0 Å². The first-order valence-corrected chi connectivity index (χ1v) is 9.88. The van der Waals surface area contributed by atoms with Crippen LogP contribution in [-0.4, -0.2) is 38.0 Å². The second-order valence-corrected chi connectivity index (χ2v) is 6.70. The fraction of sp³-hybridized carbons (Fsp3) is 0.524. The summed E-state index contributed by atoms with van der Waals surface area (Å²) in [5, 5.41) is 9.33. The molecule has 0 saturated heterocycles. The third kappa shape index (κ3) is 10.1. The van der Waals surface area contributed by atoms with E-state index in [-0.39, 0.29) is 42.1 Å². The lowest BCUT2D eigenvalue weighted by molar-refractivity contribution is -0.120. The van der Waals surface area contributed by atoms with Crippen molar-refractivity contribution < 1.29 is 9.18 Å². The van der Waals surface area contributed by atoms with Gasteiger partial charge in [-0.2, -0.15) is 0 Å². The van der Waals surface area contributed by atoms with Gasteiger partial charge >= 0.3 is 0 Å². The molecule has 1 amide bonds. The lowest BCUT2D eigenvalue weighted by atomic mass is 9.97. The number of allylic oxidation sites excluding steroid dienone is 1. The van der Waals surface area contributed by atoms with Gasteiger partial charge < -0.3 is 16.0 Å². The number of benzene rings is 1. The Morgan fingerprint density at radius 2 is 1.86 bits per heavy atom. The summed E-state index contributed by atoms with van der Waals surface area (Å²) in [5.41, 5.74) is 2.32. The second-order valence-electron chi connectivity index (χ2n) is 6.70. The maximum atomic E-state index is 12.9. The molecule has 0 bridgehead atoms. The normalized spacial score (nSPS) is 13.9. The van der Waals surface area contributed by atoms with Gasteiger partial charge in [-0.3, -0.25) is 9.79 Å². The average molecular weight is 502 g/mol. The van der Waals surface area contributed by atoms with Crippen LogP contribution in [0.3, 0.4) is 0 Å². The highest BCUT2D eigenvalue weighted by molar-refractivity contribution is 14.0. The standard InChI is InChI=1S/C21H31FN4O.HI/c1-2-23-21(25-13-12-17-6-4-3-5-7-17)26-15-14-24-20(27)16-18-8-10-19(22)11-9-18;/h6,8-11H,2-5,7,12-16H2,1H3,(H,24,27)(H2,23,25,26);1H. The summed E-state index contributed by atoms with van der Waals surface area (Å²) >= 11 is 0. The van der Waals surface area contributed by atoms with Crippen molar-refractivity contribution in [1.29, 1.82) is 0 Å². The highest BCUT2D eigenvalue weighted by Crippen LogP contribution is 2.19. The fourth-order valence-corrected chi connectivity index (χ4v) is 3.02. The molecule has 0 saturated carbocycles. The Kier molecular flexibility index (Phi) is 12.5. The summed E-state index contributed by atoms with van der Waals surface area (Å²) in [5.74, 6) is 0.412. The molecule has 156 valence electrons. The quantitative estimate of drug-likeness (QED) is 0.159. The number of hydrogen-bond donors (Lipinski definition) is 3. The van der Waals surface area contributed by atoms with Crippen LogP contribution in [0.15, 0.2) is 40.9 Å². The van der Waals surface area contributed by atoms with Gasteiger partial charge in [-0.25, -0.2) is 4.39 Å². The summed E-state index contributed by atoms with van der Waals surface area (Å²) in [4.78, 5) is 16.5. The van der Waals surface area contributed by atoms with E-state index in [0.29, 0.717) is 13.1 Å². The molecule has 1 aliphatic carbocycles. The molecule has 1 aromatic rings. The van der Waals surface area contributed by atoms with E-state index in [2.05, 4.69) is 27.0 Å². The number of carbonyl (C=O) groups excluding carboxylic acids is 1. The molecule has 0 unspecified atom stereocenters. The zero-order chi connectivity index (χ0) is 19.3. The molecule has 0 fully saturated rings. The van der Waals surface area contributed by atoms with Crippen molar-refractivity contribution in [2.75, 3.05) is 26.2 Å². The number of aliphatic imine (C=N–C) groups is 1. The van der Waals surface area contributed by atoms with Gasteiger partial charge in [0.25, 0.3) is 0 Å². The fourth-order valence-electron chi connectivity index (χ4n) is 3.02. The van der Waals surface area contributed by atoms with Crippen molar-refractivity contribution in [3.05, 3.63) is 47.3 Å². The van der Waals surface area contributed by atoms with Crippen molar-refractivity contribution in [2.24, 2.45) is 4.99 Å². The molecule has 0 heterocycles. The smallest absolute Gasteiger partial charge is 0.224 e. The van der Waals surface area contributed by atoms with Crippen LogP contribution in [0.5, 0.6) is 0 Å². The van der Waals surface area contributed by atoms with Crippen molar-refractivity contribution in [2.45, 2.75) is 45.4 Å². The minimum Gasteiger partial charge on any atom is -0.357 e. The van der Waals surface area contributed by atoms with Crippen molar-refractivity contribution in [3.63, 3.8) is 0 Å². The van der Waals surface area contributed by atoms with Crippen molar-refractivity contribution in [1.82, 2.24) is 16.0 Å². The predicted molar refractivity (Wildman–Crippen MR) is 124 cm³/mol. The van der Waals surface area contributed by atoms with Crippen LogP contribution in [0.4, 0.5) is 4.39 Å². The first-order valence-electron chi connectivity index (χ1n) is 9.88. The Balaban J connectivity index is 0.00000392. The van der Waals surface area contributed by atoms with Crippen LogP contribution in [0.25, 0.3) is 0 Å². The number of halogens is 2. The van der Waals surface area contributed by atoms with Gasteiger partial charge in [0, 0.05) is 26.2 Å². The van der Waals surface area contributed by atoms with Crippen molar-refractivity contribution >= 4 is 35.8 Å². The van der Waals surface area contributed by atoms with Crippen LogP contribution in [0.2, 0.25) is 0 Å². The van der Waals surface area contributed by atoms with E-state index in [1.165, 1.54) is 43.4 Å². The number of nitrogens with zero attached hydrogens (tertiary/aromatic N) is 1. The summed E-state index contributed by atoms with van der Waals surface area (Å²) in [6.45, 7) is 4.72. The summed E-state index contributed by atoms with van der Waals surface area (Å²) in [7, 11) is 0. The maximum absolute atomic E-state index is 12.9. The number of carbonyl (C=O) groups is 1. The SMILES string of the molecule is CCNC(=NCCC1=CCCCC1)NCCNC(=O)Cc1ccc(F)cc1.I. The van der Waals surface area contributed by atoms with E-state index < -0.39 is 0 Å². The van der Waals surface area contributed by atoms with E-state index in [1.807, 2.05) is 6.92 Å². The number of hydrogen-bond acceptors (Lipinski definition) is 2. The zero-order valence-corrected chi connectivity index (χ0v) is 18.9. The van der Waals surface area contributed by atoms with E-state index in [0.717, 1.165) is 31.0 Å². The summed E-state index contributed by atoms with van der Waals surface area (Å²) in [6, 6.07) is 6.00. The number of nitrogens with one attached hydrogen (secondary N) is 3. The second kappa shape index (κ2) is 14.4. The predicted octanol–water partition coefficient (Wildman–Crippen LogP) is 3.55. The molecule has 7 heteroatoms. The number of amides is 1. The number of guanidine groups is 1. The van der Waals surface area contributed by atoms with Crippen LogP contribution in [0, 0.1) is 5.82 Å². The first kappa shape index (κ1) is 24.4. The van der Waals surface area contributed by atoms with Gasteiger partial charge in [-0.05, 0) is 56.7 Å². The molecule has 3 N–H and O–H groups in total. The zero-order valence-electron chi connectivity index (χ0n) is 16.6. The van der Waals surface area contributed by atoms with Gasteiger partial charge in [0.2, 0.25) is 5.91 Å². The van der Waals surface area contributed by atoms with E-state index in [4.69, 9.17) is 0 Å². The molecule has 1 aromatic carbocycles. The summed E-state index contributed by atoms with van der Waals surface area (Å²) in [6.07, 6.45) is 8.65. The third-order valence-electron chi connectivity index (χ3n) is 4.45. The van der Waals surface area contributed by atoms with Gasteiger partial charge in [0.1, 0.15) is 5.82 Å². The maximum Gasteiger partial charge on any atom is 0.224 e. The topological polar surface area (TPSA) is 65.5 Å². The van der Waals surface area contributed by atoms with Crippen molar-refractivity contribution in [3.8, 4) is 0 Å². The van der Waals surface area contributed by atoms with E-state index in [1.54, 1.807) is 12.1 Å². The Morgan fingerprint density at radius 3 is 2.54 bits per heavy atom. The highest BCUT2D eigenvalue weighted by atomic mass is 127. The third-order valence-corrected chi connectivity index (χ3v) is 4.45. The van der Waals surface area contributed by atoms with E-state index >= 15 is 0 Å². The highest BCUT2D eigenvalue weighted by Gasteiger charge is 2.05. The molecule has 0 atom stereocenters. The average Bonchev–Trinajstić information content (AvgIpc) is 2.68. The molecule has 0 aliphatic heterocycles. The number of rotatable bonds is 9. The Labute approximate surface area is 184 Å². The molecular formula is C21H32FIN4O. The molecule has 5 nitrogen and oxygen atoms in total. The monoisotopic (exact) mass is 502 g/mol. The van der Waals surface area contributed by atoms with E-state index in [9.17, 15) is 9.18 Å². The molecular weight excluding hydrogens is 470 g/mol. The van der Waals surface area contributed by atoms with Gasteiger partial charge in [0.05, 0.1) is 6.42 Å². The molecule has 0 aromatic heterocycles. The minimum absolute atomic E-state index is 0. The molecule has 0 radical (unpaired) electrons. The first-order chi connectivity index (χ1) is 13.2. The Hall–Kier alpha value is -1.64. The van der Waals surface area contributed by atoms with Gasteiger partial charge in [-0.1, -0.05) is 23.8 Å². The minimum atomic E-state index is -0.293. The largest absolute Gasteiger partial charge is 0.357 e. The van der Waals surface area contributed by atoms with Crippen LogP contribution < -0.4 is 16.0 Å². The van der Waals surface area contributed by atoms with Gasteiger partial charge in [0.15, 0.2) is 5.96 Å².